The molecule has 3 N–H and O–H groups in total. The molecule has 1 aliphatic heterocycles. The van der Waals surface area contributed by atoms with Crippen LogP contribution in [0.5, 0.6) is 0 Å². The van der Waals surface area contributed by atoms with Crippen LogP contribution in [0.2, 0.25) is 0 Å². The average molecular weight is 276 g/mol. The van der Waals surface area contributed by atoms with E-state index in [0.29, 0.717) is 6.61 Å². The van der Waals surface area contributed by atoms with E-state index in [2.05, 4.69) is 6.92 Å². The second-order valence-electron chi connectivity index (χ2n) is 5.22. The summed E-state index contributed by atoms with van der Waals surface area (Å²) in [5, 5.41) is 28.2. The van der Waals surface area contributed by atoms with Gasteiger partial charge >= 0.3 is 0 Å². The highest BCUT2D eigenvalue weighted by Gasteiger charge is 2.40. The topological polar surface area (TPSA) is 79.2 Å². The molecule has 0 spiro atoms. The van der Waals surface area contributed by atoms with Crippen molar-refractivity contribution in [3.63, 3.8) is 0 Å². The van der Waals surface area contributed by atoms with Crippen LogP contribution in [0.1, 0.15) is 45.4 Å². The van der Waals surface area contributed by atoms with Crippen LogP contribution in [0, 0.1) is 0 Å². The predicted molar refractivity (Wildman–Crippen MR) is 72.0 cm³/mol. The molecule has 0 aromatic carbocycles. The lowest BCUT2D eigenvalue weighted by atomic mass is 10.1. The average Bonchev–Trinajstić information content (AvgIpc) is 2.78. The largest absolute Gasteiger partial charge is 0.394 e. The summed E-state index contributed by atoms with van der Waals surface area (Å²) in [6.07, 6.45) is 4.14. The fourth-order valence-corrected chi connectivity index (χ4v) is 2.32. The summed E-state index contributed by atoms with van der Waals surface area (Å²) < 4.78 is 10.8. The molecule has 0 unspecified atom stereocenters. The zero-order chi connectivity index (χ0) is 14.1. The Morgan fingerprint density at radius 2 is 1.89 bits per heavy atom. The van der Waals surface area contributed by atoms with Gasteiger partial charge in [0.15, 0.2) is 0 Å². The van der Waals surface area contributed by atoms with Crippen molar-refractivity contribution >= 4 is 0 Å². The van der Waals surface area contributed by atoms with Gasteiger partial charge in [0.25, 0.3) is 0 Å². The maximum absolute atomic E-state index is 9.90. The van der Waals surface area contributed by atoms with Crippen LogP contribution < -0.4 is 0 Å². The van der Waals surface area contributed by atoms with E-state index in [1.807, 2.05) is 0 Å². The summed E-state index contributed by atoms with van der Waals surface area (Å²) in [5.41, 5.74) is 0. The SMILES string of the molecule is CCCCCCCCO[C@H]1CO[C@H]([C@H](O)CO)[C@@H]1O. The van der Waals surface area contributed by atoms with Crippen molar-refractivity contribution < 1.29 is 24.8 Å². The maximum atomic E-state index is 9.90. The molecule has 19 heavy (non-hydrogen) atoms. The molecule has 0 aliphatic carbocycles. The van der Waals surface area contributed by atoms with Crippen LogP contribution in [-0.2, 0) is 9.47 Å². The summed E-state index contributed by atoms with van der Waals surface area (Å²) in [6.45, 7) is 2.67. The standard InChI is InChI=1S/C14H28O5/c1-2-3-4-5-6-7-8-18-12-10-19-14(13(12)17)11(16)9-15/h11-17H,2-10H2,1H3/t11-,12+,13-,14-/m1/s1. The van der Waals surface area contributed by atoms with E-state index in [9.17, 15) is 10.2 Å². The molecule has 1 aliphatic rings. The minimum absolute atomic E-state index is 0.277. The lowest BCUT2D eigenvalue weighted by Crippen LogP contribution is -2.41. The Hall–Kier alpha value is -0.200. The van der Waals surface area contributed by atoms with E-state index in [4.69, 9.17) is 14.6 Å². The minimum Gasteiger partial charge on any atom is -0.394 e. The van der Waals surface area contributed by atoms with Crippen LogP contribution in [0.15, 0.2) is 0 Å². The van der Waals surface area contributed by atoms with Crippen LogP contribution in [0.3, 0.4) is 0 Å². The Kier molecular flexibility index (Phi) is 8.57. The molecule has 0 radical (unpaired) electrons. The summed E-state index contributed by atoms with van der Waals surface area (Å²) in [5.74, 6) is 0. The Morgan fingerprint density at radius 1 is 1.21 bits per heavy atom. The summed E-state index contributed by atoms with van der Waals surface area (Å²) in [6, 6.07) is 0. The molecule has 4 atom stereocenters. The van der Waals surface area contributed by atoms with Crippen LogP contribution >= 0.6 is 0 Å². The van der Waals surface area contributed by atoms with Gasteiger partial charge < -0.3 is 24.8 Å². The molecular formula is C14H28O5. The van der Waals surface area contributed by atoms with Crippen LogP contribution in [0.25, 0.3) is 0 Å². The van der Waals surface area contributed by atoms with Crippen molar-refractivity contribution in [2.75, 3.05) is 19.8 Å². The second kappa shape index (κ2) is 9.66. The number of aliphatic hydroxyl groups is 3. The molecule has 5 heteroatoms. The summed E-state index contributed by atoms with van der Waals surface area (Å²) in [7, 11) is 0. The third kappa shape index (κ3) is 5.75. The van der Waals surface area contributed by atoms with Crippen molar-refractivity contribution in [2.24, 2.45) is 0 Å². The van der Waals surface area contributed by atoms with E-state index in [-0.39, 0.29) is 12.7 Å². The van der Waals surface area contributed by atoms with Gasteiger partial charge in [0.2, 0.25) is 0 Å². The third-order valence-corrected chi connectivity index (χ3v) is 3.57. The van der Waals surface area contributed by atoms with Gasteiger partial charge in [-0.1, -0.05) is 39.0 Å². The smallest absolute Gasteiger partial charge is 0.114 e. The number of aliphatic hydroxyl groups excluding tert-OH is 3. The number of hydrogen-bond acceptors (Lipinski definition) is 5. The van der Waals surface area contributed by atoms with Crippen molar-refractivity contribution in [3.8, 4) is 0 Å². The van der Waals surface area contributed by atoms with Crippen molar-refractivity contribution in [2.45, 2.75) is 69.9 Å². The Balaban J connectivity index is 2.07. The Bertz CT molecular complexity index is 224. The first-order valence-corrected chi connectivity index (χ1v) is 7.40. The second-order valence-corrected chi connectivity index (χ2v) is 5.22. The Morgan fingerprint density at radius 3 is 2.58 bits per heavy atom. The highest BCUT2D eigenvalue weighted by atomic mass is 16.6. The van der Waals surface area contributed by atoms with Crippen molar-refractivity contribution in [1.29, 1.82) is 0 Å². The fourth-order valence-electron chi connectivity index (χ4n) is 2.32. The fraction of sp³-hybridized carbons (Fsp3) is 1.00. The molecule has 1 saturated heterocycles. The number of ether oxygens (including phenoxy) is 2. The normalized spacial score (nSPS) is 28.7. The van der Waals surface area contributed by atoms with E-state index in [1.54, 1.807) is 0 Å². The van der Waals surface area contributed by atoms with Gasteiger partial charge in [-0.2, -0.15) is 0 Å². The Labute approximate surface area is 115 Å². The van der Waals surface area contributed by atoms with Gasteiger partial charge in [0, 0.05) is 6.61 Å². The molecule has 114 valence electrons. The van der Waals surface area contributed by atoms with E-state index >= 15 is 0 Å². The molecule has 0 bridgehead atoms. The van der Waals surface area contributed by atoms with Gasteiger partial charge in [-0.15, -0.1) is 0 Å². The zero-order valence-electron chi connectivity index (χ0n) is 11.8. The highest BCUT2D eigenvalue weighted by Crippen LogP contribution is 2.20. The quantitative estimate of drug-likeness (QED) is 0.515. The van der Waals surface area contributed by atoms with Gasteiger partial charge in [-0.3, -0.25) is 0 Å². The van der Waals surface area contributed by atoms with E-state index in [1.165, 1.54) is 25.7 Å². The lowest BCUT2D eigenvalue weighted by molar-refractivity contribution is -0.0730. The maximum Gasteiger partial charge on any atom is 0.114 e. The molecule has 1 fully saturated rings. The van der Waals surface area contributed by atoms with Crippen molar-refractivity contribution in [3.05, 3.63) is 0 Å². The first-order valence-electron chi connectivity index (χ1n) is 7.40. The molecule has 0 aromatic heterocycles. The number of hydrogen-bond donors (Lipinski definition) is 3. The van der Waals surface area contributed by atoms with E-state index < -0.39 is 24.9 Å². The lowest BCUT2D eigenvalue weighted by Gasteiger charge is -2.20. The van der Waals surface area contributed by atoms with Gasteiger partial charge in [-0.05, 0) is 6.42 Å². The molecule has 5 nitrogen and oxygen atoms in total. The van der Waals surface area contributed by atoms with Crippen molar-refractivity contribution in [1.82, 2.24) is 0 Å². The van der Waals surface area contributed by atoms with E-state index in [0.717, 1.165) is 12.8 Å². The molecular weight excluding hydrogens is 248 g/mol. The monoisotopic (exact) mass is 276 g/mol. The van der Waals surface area contributed by atoms with Gasteiger partial charge in [0.05, 0.1) is 13.2 Å². The minimum atomic E-state index is -1.04. The van der Waals surface area contributed by atoms with Gasteiger partial charge in [0.1, 0.15) is 24.4 Å². The summed E-state index contributed by atoms with van der Waals surface area (Å²) >= 11 is 0. The highest BCUT2D eigenvalue weighted by molar-refractivity contribution is 4.88. The molecule has 0 saturated carbocycles. The molecule has 1 heterocycles. The van der Waals surface area contributed by atoms with Gasteiger partial charge in [-0.25, -0.2) is 0 Å². The molecule has 0 aromatic rings. The van der Waals surface area contributed by atoms with Crippen LogP contribution in [0.4, 0.5) is 0 Å². The molecule has 0 amide bonds. The third-order valence-electron chi connectivity index (χ3n) is 3.57. The number of unbranched alkanes of at least 4 members (excludes halogenated alkanes) is 5. The first kappa shape index (κ1) is 16.9. The first-order chi connectivity index (χ1) is 9.20. The number of rotatable bonds is 10. The van der Waals surface area contributed by atoms with Crippen LogP contribution in [-0.4, -0.2) is 59.6 Å². The summed E-state index contributed by atoms with van der Waals surface area (Å²) in [4.78, 5) is 0. The predicted octanol–water partition coefficient (Wildman–Crippen LogP) is 0.845. The molecule has 1 rings (SSSR count). The zero-order valence-corrected chi connectivity index (χ0v) is 11.8.